The minimum atomic E-state index is -0.126. The van der Waals surface area contributed by atoms with Gasteiger partial charge in [0.2, 0.25) is 0 Å². The molecule has 16 heavy (non-hydrogen) atoms. The lowest BCUT2D eigenvalue weighted by atomic mass is 10.3. The fourth-order valence-electron chi connectivity index (χ4n) is 1.40. The van der Waals surface area contributed by atoms with E-state index in [9.17, 15) is 0 Å². The van der Waals surface area contributed by atoms with E-state index in [1.54, 1.807) is 21.3 Å². The molecule has 5 nitrogen and oxygen atoms in total. The lowest BCUT2D eigenvalue weighted by molar-refractivity contribution is 0.130. The van der Waals surface area contributed by atoms with Gasteiger partial charge >= 0.3 is 0 Å². The molecule has 0 amide bonds. The van der Waals surface area contributed by atoms with Gasteiger partial charge in [-0.05, 0) is 13.5 Å². The van der Waals surface area contributed by atoms with E-state index in [-0.39, 0.29) is 6.04 Å². The van der Waals surface area contributed by atoms with Crippen LogP contribution in [0.2, 0.25) is 0 Å². The van der Waals surface area contributed by atoms with Crippen LogP contribution in [0, 0.1) is 11.3 Å². The number of hydrogen-bond donors (Lipinski definition) is 1. The largest absolute Gasteiger partial charge is 0.385 e. The molecule has 0 aromatic heterocycles. The maximum absolute atomic E-state index is 8.88. The Bertz CT molecular complexity index is 194. The molecular weight excluding hydrogens is 206 g/mol. The first-order valence-electron chi connectivity index (χ1n) is 5.55. The molecule has 0 heterocycles. The van der Waals surface area contributed by atoms with Crippen molar-refractivity contribution in [2.75, 3.05) is 54.1 Å². The van der Waals surface area contributed by atoms with E-state index < -0.39 is 0 Å². The summed E-state index contributed by atoms with van der Waals surface area (Å²) in [6, 6.07) is 2.10. The summed E-state index contributed by atoms with van der Waals surface area (Å²) in [5.74, 6) is 0. The first-order valence-corrected chi connectivity index (χ1v) is 5.55. The number of hydrogen-bond acceptors (Lipinski definition) is 5. The summed E-state index contributed by atoms with van der Waals surface area (Å²) in [5.41, 5.74) is 0. The van der Waals surface area contributed by atoms with Crippen LogP contribution in [0.5, 0.6) is 0 Å². The van der Waals surface area contributed by atoms with Crippen LogP contribution in [0.25, 0.3) is 0 Å². The highest BCUT2D eigenvalue weighted by Crippen LogP contribution is 1.95. The second kappa shape index (κ2) is 10.8. The summed E-state index contributed by atoms with van der Waals surface area (Å²) in [6.45, 7) is 3.94. The molecule has 0 rings (SSSR count). The number of rotatable bonds is 10. The van der Waals surface area contributed by atoms with Crippen molar-refractivity contribution in [1.82, 2.24) is 10.2 Å². The molecule has 1 unspecified atom stereocenters. The molecule has 0 aromatic carbocycles. The van der Waals surface area contributed by atoms with Gasteiger partial charge < -0.3 is 14.8 Å². The van der Waals surface area contributed by atoms with Gasteiger partial charge in [-0.1, -0.05) is 0 Å². The van der Waals surface area contributed by atoms with Gasteiger partial charge in [-0.15, -0.1) is 0 Å². The van der Waals surface area contributed by atoms with Gasteiger partial charge in [-0.2, -0.15) is 5.26 Å². The first kappa shape index (κ1) is 15.3. The van der Waals surface area contributed by atoms with E-state index in [4.69, 9.17) is 14.7 Å². The molecule has 0 fully saturated rings. The number of methoxy groups -OCH3 is 2. The third kappa shape index (κ3) is 7.60. The molecule has 1 N–H and O–H groups in total. The Morgan fingerprint density at radius 2 is 1.94 bits per heavy atom. The Morgan fingerprint density at radius 1 is 1.25 bits per heavy atom. The van der Waals surface area contributed by atoms with Crippen molar-refractivity contribution in [2.24, 2.45) is 0 Å². The van der Waals surface area contributed by atoms with Crippen LogP contribution in [-0.4, -0.2) is 65.1 Å². The van der Waals surface area contributed by atoms with E-state index in [1.165, 1.54) is 0 Å². The molecule has 0 bridgehead atoms. The number of nitriles is 1. The zero-order chi connectivity index (χ0) is 12.2. The highest BCUT2D eigenvalue weighted by atomic mass is 16.5. The van der Waals surface area contributed by atoms with E-state index in [0.29, 0.717) is 6.61 Å². The molecule has 94 valence electrons. The molecule has 0 radical (unpaired) electrons. The van der Waals surface area contributed by atoms with Crippen molar-refractivity contribution in [3.05, 3.63) is 0 Å². The van der Waals surface area contributed by atoms with Crippen molar-refractivity contribution in [3.8, 4) is 6.07 Å². The normalized spacial score (nSPS) is 12.7. The van der Waals surface area contributed by atoms with Gasteiger partial charge in [0.1, 0.15) is 6.04 Å². The molecule has 0 spiro atoms. The van der Waals surface area contributed by atoms with Gasteiger partial charge in [-0.25, -0.2) is 0 Å². The van der Waals surface area contributed by atoms with Crippen molar-refractivity contribution in [3.63, 3.8) is 0 Å². The number of nitrogens with one attached hydrogen (secondary N) is 1. The molecule has 0 saturated heterocycles. The topological polar surface area (TPSA) is 57.5 Å². The van der Waals surface area contributed by atoms with Crippen LogP contribution in [0.1, 0.15) is 6.42 Å². The molecule has 5 heteroatoms. The Balaban J connectivity index is 3.93. The average Bonchev–Trinajstić information content (AvgIpc) is 2.32. The molecule has 0 aliphatic carbocycles. The van der Waals surface area contributed by atoms with Crippen molar-refractivity contribution < 1.29 is 9.47 Å². The maximum atomic E-state index is 8.88. The number of likely N-dealkylation sites (N-methyl/N-ethyl adjacent to an activating group) is 1. The Hall–Kier alpha value is -0.670. The monoisotopic (exact) mass is 229 g/mol. The first-order chi connectivity index (χ1) is 7.78. The summed E-state index contributed by atoms with van der Waals surface area (Å²) >= 11 is 0. The van der Waals surface area contributed by atoms with Gasteiger partial charge in [0.25, 0.3) is 0 Å². The van der Waals surface area contributed by atoms with Crippen LogP contribution in [0.4, 0.5) is 0 Å². The summed E-state index contributed by atoms with van der Waals surface area (Å²) in [5, 5.41) is 11.9. The molecular formula is C11H23N3O2. The summed E-state index contributed by atoms with van der Waals surface area (Å²) < 4.78 is 10.1. The quantitative estimate of drug-likeness (QED) is 0.538. The minimum absolute atomic E-state index is 0.126. The molecule has 0 saturated carbocycles. The Kier molecular flexibility index (Phi) is 10.4. The van der Waals surface area contributed by atoms with E-state index in [0.717, 1.165) is 32.7 Å². The zero-order valence-corrected chi connectivity index (χ0v) is 10.5. The second-order valence-electron chi connectivity index (χ2n) is 3.61. The van der Waals surface area contributed by atoms with Crippen molar-refractivity contribution in [2.45, 2.75) is 12.5 Å². The van der Waals surface area contributed by atoms with Crippen LogP contribution in [-0.2, 0) is 9.47 Å². The molecule has 1 atom stereocenters. The van der Waals surface area contributed by atoms with Crippen LogP contribution < -0.4 is 5.32 Å². The van der Waals surface area contributed by atoms with Gasteiger partial charge in [-0.3, -0.25) is 4.90 Å². The smallest absolute Gasteiger partial charge is 0.108 e. The lowest BCUT2D eigenvalue weighted by Crippen LogP contribution is -2.40. The lowest BCUT2D eigenvalue weighted by Gasteiger charge is -2.23. The van der Waals surface area contributed by atoms with E-state index in [1.807, 2.05) is 0 Å². The van der Waals surface area contributed by atoms with Crippen molar-refractivity contribution in [1.29, 1.82) is 5.26 Å². The molecule has 0 aliphatic heterocycles. The third-order valence-electron chi connectivity index (χ3n) is 2.38. The third-order valence-corrected chi connectivity index (χ3v) is 2.38. The average molecular weight is 229 g/mol. The number of ether oxygens (including phenoxy) is 2. The Morgan fingerprint density at radius 3 is 2.44 bits per heavy atom. The SMILES string of the molecule is CNC(C#N)CN(CCCOC)CCOC. The summed E-state index contributed by atoms with van der Waals surface area (Å²) in [7, 11) is 5.19. The predicted molar refractivity (Wildman–Crippen MR) is 63.3 cm³/mol. The summed E-state index contributed by atoms with van der Waals surface area (Å²) in [4.78, 5) is 2.22. The maximum Gasteiger partial charge on any atom is 0.108 e. The highest BCUT2D eigenvalue weighted by Gasteiger charge is 2.11. The fourth-order valence-corrected chi connectivity index (χ4v) is 1.40. The minimum Gasteiger partial charge on any atom is -0.385 e. The Labute approximate surface area is 98.3 Å². The second-order valence-corrected chi connectivity index (χ2v) is 3.61. The van der Waals surface area contributed by atoms with Gasteiger partial charge in [0.05, 0.1) is 12.7 Å². The van der Waals surface area contributed by atoms with Crippen LogP contribution in [0.3, 0.4) is 0 Å². The van der Waals surface area contributed by atoms with Crippen LogP contribution >= 0.6 is 0 Å². The van der Waals surface area contributed by atoms with E-state index >= 15 is 0 Å². The zero-order valence-electron chi connectivity index (χ0n) is 10.5. The highest BCUT2D eigenvalue weighted by molar-refractivity contribution is 4.91. The van der Waals surface area contributed by atoms with Gasteiger partial charge in [0.15, 0.2) is 0 Å². The summed E-state index contributed by atoms with van der Waals surface area (Å²) in [6.07, 6.45) is 0.974. The standard InChI is InChI=1S/C11H23N3O2/c1-13-11(9-12)10-14(6-8-16-3)5-4-7-15-2/h11,13H,4-8,10H2,1-3H3. The van der Waals surface area contributed by atoms with Crippen molar-refractivity contribution >= 4 is 0 Å². The predicted octanol–water partition coefficient (Wildman–Crippen LogP) is 0.0829. The number of nitrogens with zero attached hydrogens (tertiary/aromatic N) is 2. The van der Waals surface area contributed by atoms with Crippen LogP contribution in [0.15, 0.2) is 0 Å². The molecule has 0 aromatic rings. The molecule has 0 aliphatic rings. The van der Waals surface area contributed by atoms with Gasteiger partial charge in [0, 0.05) is 40.5 Å². The van der Waals surface area contributed by atoms with E-state index in [2.05, 4.69) is 16.3 Å². The fraction of sp³-hybridized carbons (Fsp3) is 0.909.